The highest BCUT2D eigenvalue weighted by molar-refractivity contribution is 7.99. The summed E-state index contributed by atoms with van der Waals surface area (Å²) in [6, 6.07) is 13.0. The summed E-state index contributed by atoms with van der Waals surface area (Å²) < 4.78 is 7.21. The monoisotopic (exact) mass is 413 g/mol. The van der Waals surface area contributed by atoms with Gasteiger partial charge in [0.1, 0.15) is 11.3 Å². The van der Waals surface area contributed by atoms with Crippen LogP contribution < -0.4 is 10.1 Å². The smallest absolute Gasteiger partial charge is 0.234 e. The maximum Gasteiger partial charge on any atom is 0.234 e. The maximum absolute atomic E-state index is 12.3. The molecule has 0 bridgehead atoms. The number of hydrogen-bond donors (Lipinski definition) is 1. The summed E-state index contributed by atoms with van der Waals surface area (Å²) in [7, 11) is 3.47. The van der Waals surface area contributed by atoms with Crippen LogP contribution in [-0.4, -0.2) is 38.5 Å². The first kappa shape index (κ1) is 18.5. The molecule has 0 radical (unpaired) electrons. The highest BCUT2D eigenvalue weighted by Crippen LogP contribution is 2.28. The summed E-state index contributed by atoms with van der Waals surface area (Å²) >= 11 is 7.21. The standard InChI is InChI=1S/C19H16ClN5O2S/c1-25-14-6-4-3-5-12(14)17-18(25)22-19(24-23-17)28-10-16(26)21-13-9-11(20)7-8-15(13)27-2/h3-9H,10H2,1-2H3,(H,21,26). The van der Waals surface area contributed by atoms with E-state index in [1.165, 1.54) is 18.9 Å². The van der Waals surface area contributed by atoms with Gasteiger partial charge in [-0.05, 0) is 24.3 Å². The van der Waals surface area contributed by atoms with Gasteiger partial charge in [0.15, 0.2) is 5.65 Å². The van der Waals surface area contributed by atoms with E-state index in [4.69, 9.17) is 16.3 Å². The summed E-state index contributed by atoms with van der Waals surface area (Å²) in [5.41, 5.74) is 3.03. The lowest BCUT2D eigenvalue weighted by Gasteiger charge is -2.10. The van der Waals surface area contributed by atoms with E-state index < -0.39 is 0 Å². The van der Waals surface area contributed by atoms with Crippen LogP contribution in [0.25, 0.3) is 22.1 Å². The number of aromatic nitrogens is 4. The molecule has 0 aliphatic rings. The second-order valence-corrected chi connectivity index (χ2v) is 7.40. The summed E-state index contributed by atoms with van der Waals surface area (Å²) in [5, 5.41) is 13.2. The van der Waals surface area contributed by atoms with Gasteiger partial charge in [-0.25, -0.2) is 4.98 Å². The number of thioether (sulfide) groups is 1. The van der Waals surface area contributed by atoms with E-state index in [1.807, 2.05) is 35.9 Å². The van der Waals surface area contributed by atoms with E-state index in [0.717, 1.165) is 22.1 Å². The van der Waals surface area contributed by atoms with Crippen molar-refractivity contribution in [2.24, 2.45) is 7.05 Å². The molecule has 1 N–H and O–H groups in total. The highest BCUT2D eigenvalue weighted by atomic mass is 35.5. The molecule has 0 saturated carbocycles. The van der Waals surface area contributed by atoms with Crippen LogP contribution in [0.5, 0.6) is 5.75 Å². The summed E-state index contributed by atoms with van der Waals surface area (Å²) in [6.07, 6.45) is 0. The third kappa shape index (κ3) is 3.48. The van der Waals surface area contributed by atoms with Crippen molar-refractivity contribution >= 4 is 57.0 Å². The number of para-hydroxylation sites is 1. The molecule has 28 heavy (non-hydrogen) atoms. The van der Waals surface area contributed by atoms with Gasteiger partial charge < -0.3 is 14.6 Å². The van der Waals surface area contributed by atoms with Gasteiger partial charge >= 0.3 is 0 Å². The first-order chi connectivity index (χ1) is 13.6. The maximum atomic E-state index is 12.3. The number of rotatable bonds is 5. The second-order valence-electron chi connectivity index (χ2n) is 6.02. The number of fused-ring (bicyclic) bond motifs is 3. The van der Waals surface area contributed by atoms with Crippen LogP contribution in [0.3, 0.4) is 0 Å². The Morgan fingerprint density at radius 1 is 1.25 bits per heavy atom. The zero-order valence-corrected chi connectivity index (χ0v) is 16.7. The fraction of sp³-hybridized carbons (Fsp3) is 0.158. The average molecular weight is 414 g/mol. The van der Waals surface area contributed by atoms with Crippen LogP contribution in [0.4, 0.5) is 5.69 Å². The Labute approximate surface area is 170 Å². The Morgan fingerprint density at radius 2 is 2.07 bits per heavy atom. The molecule has 2 heterocycles. The van der Waals surface area contributed by atoms with Crippen LogP contribution in [0.1, 0.15) is 0 Å². The summed E-state index contributed by atoms with van der Waals surface area (Å²) in [4.78, 5) is 16.9. The Balaban J connectivity index is 1.51. The van der Waals surface area contributed by atoms with Crippen molar-refractivity contribution in [1.82, 2.24) is 19.7 Å². The molecule has 0 saturated heterocycles. The molecule has 1 amide bonds. The van der Waals surface area contributed by atoms with E-state index in [0.29, 0.717) is 21.6 Å². The zero-order chi connectivity index (χ0) is 19.7. The number of hydrogen-bond acceptors (Lipinski definition) is 6. The Kier molecular flexibility index (Phi) is 5.06. The van der Waals surface area contributed by atoms with Gasteiger partial charge in [0.25, 0.3) is 0 Å². The molecule has 9 heteroatoms. The van der Waals surface area contributed by atoms with Gasteiger partial charge in [-0.3, -0.25) is 4.79 Å². The molecule has 0 aliphatic heterocycles. The lowest BCUT2D eigenvalue weighted by molar-refractivity contribution is -0.113. The number of ether oxygens (including phenoxy) is 1. The summed E-state index contributed by atoms with van der Waals surface area (Å²) in [5.74, 6) is 0.455. The molecule has 0 fully saturated rings. The molecule has 0 spiro atoms. The average Bonchev–Trinajstić information content (AvgIpc) is 2.99. The van der Waals surface area contributed by atoms with E-state index >= 15 is 0 Å². The Hall–Kier alpha value is -2.84. The van der Waals surface area contributed by atoms with Crippen LogP contribution in [0.15, 0.2) is 47.6 Å². The molecular formula is C19H16ClN5O2S. The quantitative estimate of drug-likeness (QED) is 0.499. The van der Waals surface area contributed by atoms with Crippen molar-refractivity contribution in [3.05, 3.63) is 47.5 Å². The molecule has 4 aromatic rings. The lowest BCUT2D eigenvalue weighted by atomic mass is 10.2. The molecule has 2 aromatic carbocycles. The van der Waals surface area contributed by atoms with Crippen LogP contribution in [-0.2, 0) is 11.8 Å². The lowest BCUT2D eigenvalue weighted by Crippen LogP contribution is -2.15. The third-order valence-electron chi connectivity index (χ3n) is 4.26. The number of anilines is 1. The van der Waals surface area contributed by atoms with Crippen molar-refractivity contribution in [2.75, 3.05) is 18.2 Å². The van der Waals surface area contributed by atoms with Gasteiger partial charge in [0, 0.05) is 17.5 Å². The van der Waals surface area contributed by atoms with Crippen LogP contribution >= 0.6 is 23.4 Å². The molecule has 2 aromatic heterocycles. The van der Waals surface area contributed by atoms with E-state index in [2.05, 4.69) is 20.5 Å². The first-order valence-electron chi connectivity index (χ1n) is 8.41. The van der Waals surface area contributed by atoms with Crippen molar-refractivity contribution in [3.63, 3.8) is 0 Å². The number of methoxy groups -OCH3 is 1. The number of carbonyl (C=O) groups excluding carboxylic acids is 1. The SMILES string of the molecule is COc1ccc(Cl)cc1NC(=O)CSc1nnc2c3ccccc3n(C)c2n1. The zero-order valence-electron chi connectivity index (χ0n) is 15.1. The minimum absolute atomic E-state index is 0.132. The molecule has 142 valence electrons. The van der Waals surface area contributed by atoms with Gasteiger partial charge in [-0.15, -0.1) is 10.2 Å². The molecule has 0 atom stereocenters. The minimum Gasteiger partial charge on any atom is -0.495 e. The predicted molar refractivity (Wildman–Crippen MR) is 111 cm³/mol. The van der Waals surface area contributed by atoms with E-state index in [1.54, 1.807) is 18.2 Å². The number of nitrogens with one attached hydrogen (secondary N) is 1. The van der Waals surface area contributed by atoms with Crippen molar-refractivity contribution in [2.45, 2.75) is 5.16 Å². The number of aryl methyl sites for hydroxylation is 1. The van der Waals surface area contributed by atoms with Gasteiger partial charge in [-0.2, -0.15) is 0 Å². The fourth-order valence-corrected chi connectivity index (χ4v) is 3.70. The topological polar surface area (TPSA) is 81.9 Å². The van der Waals surface area contributed by atoms with Crippen molar-refractivity contribution in [1.29, 1.82) is 0 Å². The van der Waals surface area contributed by atoms with Crippen LogP contribution in [0, 0.1) is 0 Å². The first-order valence-corrected chi connectivity index (χ1v) is 9.77. The predicted octanol–water partition coefficient (Wildman–Crippen LogP) is 3.91. The number of nitrogens with zero attached hydrogens (tertiary/aromatic N) is 4. The van der Waals surface area contributed by atoms with Crippen molar-refractivity contribution < 1.29 is 9.53 Å². The van der Waals surface area contributed by atoms with Gasteiger partial charge in [0.05, 0.1) is 24.1 Å². The molecule has 0 aliphatic carbocycles. The molecule has 7 nitrogen and oxygen atoms in total. The number of benzene rings is 2. The van der Waals surface area contributed by atoms with E-state index in [-0.39, 0.29) is 11.7 Å². The van der Waals surface area contributed by atoms with Crippen LogP contribution in [0.2, 0.25) is 5.02 Å². The Morgan fingerprint density at radius 3 is 2.89 bits per heavy atom. The summed E-state index contributed by atoms with van der Waals surface area (Å²) in [6.45, 7) is 0. The molecule has 0 unspecified atom stereocenters. The highest BCUT2D eigenvalue weighted by Gasteiger charge is 2.14. The van der Waals surface area contributed by atoms with Crippen molar-refractivity contribution in [3.8, 4) is 5.75 Å². The Bertz CT molecular complexity index is 1190. The van der Waals surface area contributed by atoms with Gasteiger partial charge in [-0.1, -0.05) is 41.6 Å². The second kappa shape index (κ2) is 7.65. The largest absolute Gasteiger partial charge is 0.495 e. The van der Waals surface area contributed by atoms with E-state index in [9.17, 15) is 4.79 Å². The molecular weight excluding hydrogens is 398 g/mol. The third-order valence-corrected chi connectivity index (χ3v) is 5.33. The number of amides is 1. The van der Waals surface area contributed by atoms with Gasteiger partial charge in [0.2, 0.25) is 11.1 Å². The normalized spacial score (nSPS) is 11.1. The number of carbonyl (C=O) groups is 1. The minimum atomic E-state index is -0.216. The number of halogens is 1. The molecule has 4 rings (SSSR count). The fourth-order valence-electron chi connectivity index (χ4n) is 2.95.